The molecule has 0 saturated heterocycles. The Morgan fingerprint density at radius 1 is 0.818 bits per heavy atom. The van der Waals surface area contributed by atoms with Crippen LogP contribution < -0.4 is 27.4 Å². The van der Waals surface area contributed by atoms with E-state index >= 15 is 0 Å². The normalized spacial score (nSPS) is 14.3. The highest BCUT2D eigenvalue weighted by atomic mass is 16.4. The number of aliphatic hydroxyl groups excluding tert-OH is 2. The molecule has 1 aromatic rings. The molecule has 0 aliphatic rings. The third-order valence-electron chi connectivity index (χ3n) is 4.56. The number of aliphatic hydroxyl groups is 2. The molecule has 10 N–H and O–H groups in total. The first-order valence-electron chi connectivity index (χ1n) is 10.0. The van der Waals surface area contributed by atoms with E-state index in [0.717, 1.165) is 5.56 Å². The van der Waals surface area contributed by atoms with Crippen molar-refractivity contribution in [2.45, 2.75) is 43.4 Å². The van der Waals surface area contributed by atoms with Crippen molar-refractivity contribution in [2.24, 2.45) is 11.5 Å². The van der Waals surface area contributed by atoms with Gasteiger partial charge in [0.1, 0.15) is 18.1 Å². The zero-order chi connectivity index (χ0) is 25.0. The highest BCUT2D eigenvalue weighted by Gasteiger charge is 2.29. The molecule has 13 heteroatoms. The molecule has 0 aliphatic carbocycles. The molecule has 0 spiro atoms. The van der Waals surface area contributed by atoms with Crippen LogP contribution in [0.1, 0.15) is 18.4 Å². The number of benzene rings is 1. The molecular weight excluding hydrogens is 438 g/mol. The maximum absolute atomic E-state index is 12.4. The Morgan fingerprint density at radius 3 is 1.76 bits per heavy atom. The van der Waals surface area contributed by atoms with E-state index < -0.39 is 67.0 Å². The van der Waals surface area contributed by atoms with Crippen LogP contribution in [0.15, 0.2) is 30.3 Å². The van der Waals surface area contributed by atoms with E-state index in [1.807, 2.05) is 0 Å². The topological polar surface area (TPSA) is 234 Å². The molecule has 13 nitrogen and oxygen atoms in total. The van der Waals surface area contributed by atoms with Gasteiger partial charge >= 0.3 is 5.97 Å². The molecule has 4 atom stereocenters. The minimum absolute atomic E-state index is 0.177. The summed E-state index contributed by atoms with van der Waals surface area (Å²) in [6.07, 6.45) is -0.428. The van der Waals surface area contributed by atoms with E-state index in [0.29, 0.717) is 0 Å². The van der Waals surface area contributed by atoms with Gasteiger partial charge in [-0.15, -0.1) is 0 Å². The smallest absolute Gasteiger partial charge is 0.326 e. The third kappa shape index (κ3) is 9.64. The van der Waals surface area contributed by atoms with Gasteiger partial charge < -0.3 is 42.7 Å². The van der Waals surface area contributed by atoms with E-state index in [9.17, 15) is 34.2 Å². The molecular formula is C20H29N5O8. The number of amides is 4. The van der Waals surface area contributed by atoms with Crippen molar-refractivity contribution in [3.05, 3.63) is 35.9 Å². The number of nitrogens with one attached hydrogen (secondary N) is 3. The number of hydrogen-bond acceptors (Lipinski definition) is 8. The van der Waals surface area contributed by atoms with Gasteiger partial charge in [0.15, 0.2) is 0 Å². The van der Waals surface area contributed by atoms with Crippen molar-refractivity contribution in [3.8, 4) is 0 Å². The molecule has 0 heterocycles. The number of rotatable bonds is 14. The Hall–Kier alpha value is -3.55. The molecule has 0 bridgehead atoms. The molecule has 0 saturated carbocycles. The molecule has 0 fully saturated rings. The maximum atomic E-state index is 12.4. The molecule has 4 unspecified atom stereocenters. The summed E-state index contributed by atoms with van der Waals surface area (Å²) in [6.45, 7) is -1.73. The summed E-state index contributed by atoms with van der Waals surface area (Å²) in [7, 11) is 0. The van der Waals surface area contributed by atoms with Crippen molar-refractivity contribution < 1.29 is 39.3 Å². The number of hydrogen-bond donors (Lipinski definition) is 8. The molecule has 1 rings (SSSR count). The van der Waals surface area contributed by atoms with Crippen LogP contribution in [0.4, 0.5) is 0 Å². The van der Waals surface area contributed by atoms with Crippen LogP contribution in [0.5, 0.6) is 0 Å². The van der Waals surface area contributed by atoms with Crippen LogP contribution in [0.25, 0.3) is 0 Å². The molecule has 1 aromatic carbocycles. The lowest BCUT2D eigenvalue weighted by molar-refractivity contribution is -0.143. The summed E-state index contributed by atoms with van der Waals surface area (Å²) in [6, 6.07) is 3.30. The number of carbonyl (C=O) groups is 5. The van der Waals surface area contributed by atoms with Gasteiger partial charge in [0.2, 0.25) is 23.6 Å². The number of nitrogens with two attached hydrogens (primary N) is 2. The maximum Gasteiger partial charge on any atom is 0.326 e. The molecule has 0 aliphatic heterocycles. The summed E-state index contributed by atoms with van der Waals surface area (Å²) in [4.78, 5) is 59.1. The summed E-state index contributed by atoms with van der Waals surface area (Å²) in [5, 5.41) is 34.5. The summed E-state index contributed by atoms with van der Waals surface area (Å²) in [5.74, 6) is -4.99. The minimum Gasteiger partial charge on any atom is -0.480 e. The average molecular weight is 467 g/mol. The first kappa shape index (κ1) is 27.5. The average Bonchev–Trinajstić information content (AvgIpc) is 2.78. The van der Waals surface area contributed by atoms with Crippen molar-refractivity contribution in [1.82, 2.24) is 16.0 Å². The first-order chi connectivity index (χ1) is 15.6. The fraction of sp³-hybridized carbons (Fsp3) is 0.450. The summed E-state index contributed by atoms with van der Waals surface area (Å²) in [5.41, 5.74) is 11.6. The zero-order valence-electron chi connectivity index (χ0n) is 17.8. The van der Waals surface area contributed by atoms with Gasteiger partial charge in [0.25, 0.3) is 0 Å². The summed E-state index contributed by atoms with van der Waals surface area (Å²) >= 11 is 0. The minimum atomic E-state index is -1.59. The van der Waals surface area contributed by atoms with Gasteiger partial charge in [-0.05, 0) is 18.4 Å². The quantitative estimate of drug-likeness (QED) is 0.134. The second kappa shape index (κ2) is 13.8. The predicted molar refractivity (Wildman–Crippen MR) is 114 cm³/mol. The van der Waals surface area contributed by atoms with Gasteiger partial charge in [-0.2, -0.15) is 0 Å². The second-order valence-corrected chi connectivity index (χ2v) is 7.19. The van der Waals surface area contributed by atoms with Crippen LogP contribution >= 0.6 is 0 Å². The molecule has 182 valence electrons. The monoisotopic (exact) mass is 467 g/mol. The highest BCUT2D eigenvalue weighted by Crippen LogP contribution is 2.03. The first-order valence-corrected chi connectivity index (χ1v) is 10.0. The number of primary amides is 1. The molecule has 4 amide bonds. The molecule has 0 aromatic heterocycles. The van der Waals surface area contributed by atoms with Crippen LogP contribution in [0.3, 0.4) is 0 Å². The SMILES string of the molecule is NC(=O)CCC(NC(=O)C(CO)NC(=O)C(CO)NC(=O)C(N)Cc1ccccc1)C(=O)O. The number of carboxylic acid groups (broad SMARTS) is 1. The fourth-order valence-corrected chi connectivity index (χ4v) is 2.72. The Kier molecular flexibility index (Phi) is 11.5. The van der Waals surface area contributed by atoms with Crippen molar-refractivity contribution in [3.63, 3.8) is 0 Å². The van der Waals surface area contributed by atoms with Crippen LogP contribution in [-0.4, -0.2) is 82.3 Å². The van der Waals surface area contributed by atoms with E-state index in [1.165, 1.54) is 0 Å². The fourth-order valence-electron chi connectivity index (χ4n) is 2.72. The van der Waals surface area contributed by atoms with Crippen LogP contribution in [0.2, 0.25) is 0 Å². The van der Waals surface area contributed by atoms with Crippen LogP contribution in [-0.2, 0) is 30.4 Å². The van der Waals surface area contributed by atoms with E-state index in [1.54, 1.807) is 30.3 Å². The van der Waals surface area contributed by atoms with Gasteiger partial charge in [-0.25, -0.2) is 4.79 Å². The Labute approximate surface area is 189 Å². The Morgan fingerprint density at radius 2 is 1.30 bits per heavy atom. The zero-order valence-corrected chi connectivity index (χ0v) is 17.8. The number of carbonyl (C=O) groups excluding carboxylic acids is 4. The molecule has 33 heavy (non-hydrogen) atoms. The molecule has 0 radical (unpaired) electrons. The number of carboxylic acids is 1. The van der Waals surface area contributed by atoms with Gasteiger partial charge in [0.05, 0.1) is 19.3 Å². The van der Waals surface area contributed by atoms with Gasteiger partial charge in [0, 0.05) is 6.42 Å². The Bertz CT molecular complexity index is 835. The van der Waals surface area contributed by atoms with E-state index in [4.69, 9.17) is 16.6 Å². The van der Waals surface area contributed by atoms with Crippen molar-refractivity contribution in [2.75, 3.05) is 13.2 Å². The standard InChI is InChI=1S/C20H29N5O8/c21-12(8-11-4-2-1-3-5-11)17(29)24-14(9-26)19(31)25-15(10-27)18(30)23-13(20(32)33)6-7-16(22)28/h1-5,12-15,26-27H,6-10,21H2,(H2,22,28)(H,23,30)(H,24,29)(H,25,31)(H,32,33). The third-order valence-corrected chi connectivity index (χ3v) is 4.56. The lowest BCUT2D eigenvalue weighted by Crippen LogP contribution is -2.59. The van der Waals surface area contributed by atoms with Crippen molar-refractivity contribution >= 4 is 29.6 Å². The predicted octanol–water partition coefficient (Wildman–Crippen LogP) is -3.65. The lowest BCUT2D eigenvalue weighted by atomic mass is 10.1. The highest BCUT2D eigenvalue weighted by molar-refractivity contribution is 5.94. The van der Waals surface area contributed by atoms with E-state index in [2.05, 4.69) is 16.0 Å². The number of aliphatic carboxylic acids is 1. The summed E-state index contributed by atoms with van der Waals surface area (Å²) < 4.78 is 0. The van der Waals surface area contributed by atoms with Gasteiger partial charge in [-0.1, -0.05) is 30.3 Å². The second-order valence-electron chi connectivity index (χ2n) is 7.19. The van der Waals surface area contributed by atoms with Crippen LogP contribution in [0, 0.1) is 0 Å². The van der Waals surface area contributed by atoms with E-state index in [-0.39, 0.29) is 19.3 Å². The van der Waals surface area contributed by atoms with Crippen molar-refractivity contribution in [1.29, 1.82) is 0 Å². The van der Waals surface area contributed by atoms with Gasteiger partial charge in [-0.3, -0.25) is 19.2 Å². The largest absolute Gasteiger partial charge is 0.480 e. The lowest BCUT2D eigenvalue weighted by Gasteiger charge is -2.23. The Balaban J connectivity index is 2.70.